The second-order valence-electron chi connectivity index (χ2n) is 16.3. The number of rotatable bonds is 25. The van der Waals surface area contributed by atoms with Crippen LogP contribution in [-0.4, -0.2) is 106 Å². The van der Waals surface area contributed by atoms with Crippen LogP contribution in [0.25, 0.3) is 33.4 Å². The van der Waals surface area contributed by atoms with Gasteiger partial charge in [0, 0.05) is 51.5 Å². The van der Waals surface area contributed by atoms with Gasteiger partial charge in [-0.05, 0) is 91.4 Å². The highest BCUT2D eigenvalue weighted by Crippen LogP contribution is 2.44. The van der Waals surface area contributed by atoms with E-state index < -0.39 is 61.9 Å². The fourth-order valence-electron chi connectivity index (χ4n) is 7.96. The second kappa shape index (κ2) is 22.9. The van der Waals surface area contributed by atoms with Crippen LogP contribution in [-0.2, 0) is 32.0 Å². The molecule has 0 atom stereocenters. The highest BCUT2D eigenvalue weighted by atomic mass is 16.5. The number of ether oxygens (including phenoxy) is 2. The highest BCUT2D eigenvalue weighted by Gasteiger charge is 2.26. The molecule has 1 heterocycles. The number of hydrogen-bond donors (Lipinski definition) is 7. The molecular formula is C51H51N3O16. The number of aryl methyl sites for hydroxylation is 2. The molecule has 0 saturated heterocycles. The molecule has 4 aromatic carbocycles. The monoisotopic (exact) mass is 961 g/mol. The van der Waals surface area contributed by atoms with Crippen LogP contribution in [0.2, 0.25) is 0 Å². The summed E-state index contributed by atoms with van der Waals surface area (Å²) in [6.07, 6.45) is 4.05. The summed E-state index contributed by atoms with van der Waals surface area (Å²) in [7, 11) is 0. The van der Waals surface area contributed by atoms with Crippen molar-refractivity contribution in [1.82, 2.24) is 0 Å². The molecule has 1 aliphatic heterocycles. The summed E-state index contributed by atoms with van der Waals surface area (Å²) in [5.41, 5.74) is 1.97. The minimum absolute atomic E-state index is 0.00411. The zero-order valence-corrected chi connectivity index (χ0v) is 38.2. The fraction of sp³-hybridized carbons (Fsp3) is 0.275. The first-order chi connectivity index (χ1) is 33.5. The van der Waals surface area contributed by atoms with Gasteiger partial charge in [0.2, 0.25) is 0 Å². The van der Waals surface area contributed by atoms with Gasteiger partial charge >= 0.3 is 29.8 Å². The summed E-state index contributed by atoms with van der Waals surface area (Å²) in [5.74, 6) is -7.18. The first-order valence-electron chi connectivity index (χ1n) is 22.3. The molecule has 0 radical (unpaired) electrons. The van der Waals surface area contributed by atoms with Crippen molar-refractivity contribution in [1.29, 1.82) is 0 Å². The lowest BCUT2D eigenvalue weighted by Crippen LogP contribution is -2.35. The number of carbonyl (C=O) groups excluding carboxylic acids is 1. The van der Waals surface area contributed by atoms with Crippen LogP contribution >= 0.6 is 0 Å². The van der Waals surface area contributed by atoms with Gasteiger partial charge < -0.3 is 59.6 Å². The summed E-state index contributed by atoms with van der Waals surface area (Å²) >= 11 is 0. The zero-order chi connectivity index (χ0) is 50.6. The molecule has 19 nitrogen and oxygen atoms in total. The number of hydrogen-bond acceptors (Lipinski definition) is 13. The number of carboxylic acids is 5. The summed E-state index contributed by atoms with van der Waals surface area (Å²) < 4.78 is 18.1. The number of aromatic hydroxyl groups is 1. The Hall–Kier alpha value is -8.61. The molecule has 0 bridgehead atoms. The third kappa shape index (κ3) is 12.5. The molecule has 0 aromatic heterocycles. The number of phenols is 1. The van der Waals surface area contributed by atoms with Gasteiger partial charge in [-0.3, -0.25) is 28.8 Å². The number of amides is 1. The Balaban J connectivity index is 1.39. The van der Waals surface area contributed by atoms with Crippen molar-refractivity contribution in [2.75, 3.05) is 54.5 Å². The fourth-order valence-corrected chi connectivity index (χ4v) is 7.96. The minimum atomic E-state index is -1.36. The molecule has 0 fully saturated rings. The van der Waals surface area contributed by atoms with E-state index in [1.807, 2.05) is 13.8 Å². The Morgan fingerprint density at radius 3 is 1.81 bits per heavy atom. The Morgan fingerprint density at radius 2 is 1.21 bits per heavy atom. The predicted molar refractivity (Wildman–Crippen MR) is 257 cm³/mol. The number of carbonyl (C=O) groups is 6. The quantitative estimate of drug-likeness (QED) is 0.0218. The minimum Gasteiger partial charge on any atom is -0.508 e. The normalized spacial score (nSPS) is 11.0. The van der Waals surface area contributed by atoms with Gasteiger partial charge in [0.05, 0.1) is 16.9 Å². The number of anilines is 3. The smallest absolute Gasteiger partial charge is 0.336 e. The Bertz CT molecular complexity index is 2950. The average Bonchev–Trinajstić information content (AvgIpc) is 3.30. The topological polar surface area (TPSA) is 291 Å². The van der Waals surface area contributed by atoms with Crippen molar-refractivity contribution >= 4 is 63.8 Å². The lowest BCUT2D eigenvalue weighted by atomic mass is 9.87. The van der Waals surface area contributed by atoms with E-state index in [1.165, 1.54) is 60.7 Å². The first kappa shape index (κ1) is 50.8. The maximum atomic E-state index is 14.2. The number of benzene rings is 5. The van der Waals surface area contributed by atoms with E-state index in [9.17, 15) is 64.2 Å². The van der Waals surface area contributed by atoms with Crippen LogP contribution in [0.15, 0.2) is 94.1 Å². The maximum absolute atomic E-state index is 14.2. The van der Waals surface area contributed by atoms with Crippen LogP contribution in [0.1, 0.15) is 71.4 Å². The number of unbranched alkanes of at least 4 members (excludes halogenated alkanes) is 2. The van der Waals surface area contributed by atoms with Crippen molar-refractivity contribution in [3.05, 3.63) is 117 Å². The number of aromatic carboxylic acids is 1. The molecule has 4 aromatic rings. The van der Waals surface area contributed by atoms with Crippen molar-refractivity contribution in [2.45, 2.75) is 52.4 Å². The standard InChI is InChI=1S/C51H51N3O16/c1-3-5-9-29-19-35-42(23-39(29)55)70-43-24-40(56)30(10-6-4-2)20-36(43)49(35)34-21-31(13-15-33(34)51(66)67)50(65)52-32-14-16-38(54(27-47(61)62)28-48(63)64)44(22-32)69-18-17-68-41-12-8-7-11-37(41)53(25-45(57)58)26-46(59)60/h7-8,11-16,19-24,55H,3-6,9-10,17-18,25-28H2,1-2H3,(H,52,65)(H,57,58)(H,59,60)(H,61,62)(H,63,64)(H,66,67). The third-order valence-corrected chi connectivity index (χ3v) is 11.2. The summed E-state index contributed by atoms with van der Waals surface area (Å²) in [6, 6.07) is 20.3. The van der Waals surface area contributed by atoms with Crippen LogP contribution < -0.4 is 30.0 Å². The van der Waals surface area contributed by atoms with Gasteiger partial charge in [-0.1, -0.05) is 38.8 Å². The molecule has 19 heteroatoms. The Kier molecular flexibility index (Phi) is 16.6. The van der Waals surface area contributed by atoms with Gasteiger partial charge in [0.25, 0.3) is 5.91 Å². The molecule has 0 saturated carbocycles. The van der Waals surface area contributed by atoms with Crippen molar-refractivity contribution in [2.24, 2.45) is 0 Å². The molecule has 366 valence electrons. The van der Waals surface area contributed by atoms with Crippen molar-refractivity contribution in [3.63, 3.8) is 0 Å². The summed E-state index contributed by atoms with van der Waals surface area (Å²) in [6.45, 7) is 0.669. The molecule has 0 unspecified atom stereocenters. The van der Waals surface area contributed by atoms with Gasteiger partial charge in [-0.25, -0.2) is 4.79 Å². The first-order valence-corrected chi connectivity index (χ1v) is 22.3. The Labute approximate surface area is 400 Å². The maximum Gasteiger partial charge on any atom is 0.336 e. The van der Waals surface area contributed by atoms with E-state index in [-0.39, 0.29) is 81.0 Å². The van der Waals surface area contributed by atoms with Crippen LogP contribution in [0.5, 0.6) is 17.2 Å². The summed E-state index contributed by atoms with van der Waals surface area (Å²) in [5, 5.41) is 62.9. The predicted octanol–water partition coefficient (Wildman–Crippen LogP) is 7.32. The number of nitrogens with one attached hydrogen (secondary N) is 1. The van der Waals surface area contributed by atoms with E-state index in [2.05, 4.69) is 5.32 Å². The molecule has 1 amide bonds. The molecule has 70 heavy (non-hydrogen) atoms. The lowest BCUT2D eigenvalue weighted by molar-refractivity contribution is -0.138. The lowest BCUT2D eigenvalue weighted by Gasteiger charge is -2.25. The number of nitrogens with zero attached hydrogens (tertiary/aromatic N) is 2. The SMILES string of the molecule is CCCCc1cc2c(-c3cc(C(=O)Nc4ccc(N(CC(=O)O)CC(=O)O)c(OCCOc5ccccc5N(CC(=O)O)CC(=O)O)c4)ccc3C(=O)O)c3cc(CCCC)c(=O)cc-3oc2cc1O. The molecule has 6 rings (SSSR count). The van der Waals surface area contributed by atoms with E-state index in [4.69, 9.17) is 13.9 Å². The van der Waals surface area contributed by atoms with Gasteiger partial charge in [-0.2, -0.15) is 0 Å². The van der Waals surface area contributed by atoms with Crippen LogP contribution in [0.4, 0.5) is 17.1 Å². The zero-order valence-electron chi connectivity index (χ0n) is 38.2. The van der Waals surface area contributed by atoms with Crippen LogP contribution in [0, 0.1) is 0 Å². The molecule has 1 aliphatic carbocycles. The number of aliphatic carboxylic acids is 4. The Morgan fingerprint density at radius 1 is 0.629 bits per heavy atom. The van der Waals surface area contributed by atoms with E-state index in [0.717, 1.165) is 29.1 Å². The molecule has 2 aliphatic rings. The van der Waals surface area contributed by atoms with Crippen molar-refractivity contribution in [3.8, 4) is 39.7 Å². The van der Waals surface area contributed by atoms with E-state index >= 15 is 0 Å². The largest absolute Gasteiger partial charge is 0.508 e. The summed E-state index contributed by atoms with van der Waals surface area (Å²) in [4.78, 5) is 89.4. The molecule has 0 spiro atoms. The highest BCUT2D eigenvalue weighted by molar-refractivity contribution is 6.11. The van der Waals surface area contributed by atoms with E-state index in [0.29, 0.717) is 46.9 Å². The number of phenolic OH excluding ortho intramolecular Hbond substituents is 1. The van der Waals surface area contributed by atoms with E-state index in [1.54, 1.807) is 24.3 Å². The molecule has 7 N–H and O–H groups in total. The third-order valence-electron chi connectivity index (χ3n) is 11.2. The number of fused-ring (bicyclic) bond motifs is 2. The molecular weight excluding hydrogens is 911 g/mol. The van der Waals surface area contributed by atoms with Gasteiger partial charge in [0.1, 0.15) is 68.0 Å². The second-order valence-corrected chi connectivity index (χ2v) is 16.3. The average molecular weight is 962 g/mol. The van der Waals surface area contributed by atoms with Crippen LogP contribution in [0.3, 0.4) is 0 Å². The van der Waals surface area contributed by atoms with Gasteiger partial charge in [-0.15, -0.1) is 0 Å². The van der Waals surface area contributed by atoms with Gasteiger partial charge in [0.15, 0.2) is 5.43 Å². The van der Waals surface area contributed by atoms with Crippen molar-refractivity contribution < 1.29 is 73.3 Å². The number of carboxylic acid groups (broad SMARTS) is 5. The number of para-hydroxylation sites is 2.